The zero-order chi connectivity index (χ0) is 20.0. The first-order valence-corrected chi connectivity index (χ1v) is 8.77. The van der Waals surface area contributed by atoms with Crippen LogP contribution in [0.2, 0.25) is 0 Å². The van der Waals surface area contributed by atoms with E-state index in [-0.39, 0.29) is 34.5 Å². The quantitative estimate of drug-likeness (QED) is 0.547. The summed E-state index contributed by atoms with van der Waals surface area (Å²) in [4.78, 5) is 14.3. The number of benzene rings is 1. The fourth-order valence-corrected chi connectivity index (χ4v) is 4.60. The molecule has 0 saturated heterocycles. The van der Waals surface area contributed by atoms with Crippen LogP contribution >= 0.6 is 0 Å². The van der Waals surface area contributed by atoms with Crippen LogP contribution in [0, 0.1) is 6.92 Å². The Morgan fingerprint density at radius 2 is 1.71 bits per heavy atom. The van der Waals surface area contributed by atoms with Crippen molar-refractivity contribution < 1.29 is 23.4 Å². The maximum absolute atomic E-state index is 13.3. The molecule has 2 aliphatic rings. The monoisotopic (exact) mass is 388 g/mol. The van der Waals surface area contributed by atoms with Crippen LogP contribution in [0.5, 0.6) is 11.8 Å². The summed E-state index contributed by atoms with van der Waals surface area (Å²) in [6, 6.07) is 3.19. The standard InChI is InChI=1S/C20H15F3N2O3/c1-8-13(5-4-11-12(20(21,22)23)7-14(26)24-17(8)11)25-18(27)15-9-2-3-10(6-9)16(15)19(25)28/h2-5,7,9-10,27-28H,6H2,1H3,(H,24,26)/t9-,10+. The predicted octanol–water partition coefficient (Wildman–Crippen LogP) is 4.20. The Morgan fingerprint density at radius 3 is 2.29 bits per heavy atom. The van der Waals surface area contributed by atoms with Gasteiger partial charge in [-0.2, -0.15) is 13.2 Å². The highest BCUT2D eigenvalue weighted by atomic mass is 19.4. The normalized spacial score (nSPS) is 20.3. The van der Waals surface area contributed by atoms with Gasteiger partial charge in [0.25, 0.3) is 0 Å². The number of aromatic nitrogens is 2. The van der Waals surface area contributed by atoms with Crippen molar-refractivity contribution in [2.24, 2.45) is 0 Å². The van der Waals surface area contributed by atoms with E-state index in [0.29, 0.717) is 28.4 Å². The third-order valence-electron chi connectivity index (χ3n) is 5.82. The second kappa shape index (κ2) is 5.21. The molecule has 0 amide bonds. The molecule has 2 atom stereocenters. The lowest BCUT2D eigenvalue weighted by Gasteiger charge is -2.16. The Kier molecular flexibility index (Phi) is 3.16. The fraction of sp³-hybridized carbons (Fsp3) is 0.250. The van der Waals surface area contributed by atoms with Crippen molar-refractivity contribution >= 4 is 10.9 Å². The number of allylic oxidation sites excluding steroid dienone is 2. The maximum Gasteiger partial charge on any atom is 0.417 e. The molecular formula is C20H15F3N2O3. The minimum absolute atomic E-state index is 0.0181. The molecule has 0 radical (unpaired) electrons. The second-order valence-electron chi connectivity index (χ2n) is 7.32. The highest BCUT2D eigenvalue weighted by Crippen LogP contribution is 2.57. The third-order valence-corrected chi connectivity index (χ3v) is 5.82. The van der Waals surface area contributed by atoms with Gasteiger partial charge < -0.3 is 15.2 Å². The van der Waals surface area contributed by atoms with E-state index in [4.69, 9.17) is 0 Å². The average Bonchev–Trinajstić information content (AvgIpc) is 3.29. The first-order valence-electron chi connectivity index (χ1n) is 8.77. The fourth-order valence-electron chi connectivity index (χ4n) is 4.60. The number of halogens is 3. The van der Waals surface area contributed by atoms with E-state index in [9.17, 15) is 28.2 Å². The number of hydrogen-bond donors (Lipinski definition) is 3. The molecule has 3 N–H and O–H groups in total. The van der Waals surface area contributed by atoms with Gasteiger partial charge in [0.05, 0.1) is 16.8 Å². The van der Waals surface area contributed by atoms with Crippen LogP contribution in [0.25, 0.3) is 16.6 Å². The van der Waals surface area contributed by atoms with E-state index in [1.54, 1.807) is 6.92 Å². The number of aryl methyl sites for hydroxylation is 1. The molecule has 2 heterocycles. The summed E-state index contributed by atoms with van der Waals surface area (Å²) in [5.74, 6) is -0.212. The summed E-state index contributed by atoms with van der Waals surface area (Å²) in [6.07, 6.45) is 0.0868. The molecule has 5 nitrogen and oxygen atoms in total. The Hall–Kier alpha value is -3.16. The van der Waals surface area contributed by atoms with Crippen molar-refractivity contribution in [3.05, 3.63) is 63.0 Å². The third kappa shape index (κ3) is 2.05. The number of nitrogens with zero attached hydrogens (tertiary/aromatic N) is 1. The number of fused-ring (bicyclic) bond motifs is 6. The van der Waals surface area contributed by atoms with Crippen molar-refractivity contribution in [2.45, 2.75) is 31.4 Å². The van der Waals surface area contributed by atoms with Gasteiger partial charge in [-0.3, -0.25) is 9.36 Å². The van der Waals surface area contributed by atoms with E-state index >= 15 is 0 Å². The summed E-state index contributed by atoms with van der Waals surface area (Å²) < 4.78 is 41.3. The van der Waals surface area contributed by atoms with E-state index in [1.807, 2.05) is 12.2 Å². The van der Waals surface area contributed by atoms with Crippen molar-refractivity contribution in [3.63, 3.8) is 0 Å². The number of rotatable bonds is 1. The molecule has 2 aromatic heterocycles. The molecule has 0 saturated carbocycles. The average molecular weight is 388 g/mol. The van der Waals surface area contributed by atoms with Crippen molar-refractivity contribution in [3.8, 4) is 17.4 Å². The van der Waals surface area contributed by atoms with E-state index in [0.717, 1.165) is 6.42 Å². The lowest BCUT2D eigenvalue weighted by Crippen LogP contribution is -2.15. The highest BCUT2D eigenvalue weighted by Gasteiger charge is 2.41. The van der Waals surface area contributed by atoms with Crippen LogP contribution in [-0.4, -0.2) is 19.8 Å². The molecule has 2 aliphatic carbocycles. The number of H-pyrrole nitrogens is 1. The van der Waals surface area contributed by atoms with Crippen LogP contribution in [0.3, 0.4) is 0 Å². The van der Waals surface area contributed by atoms with Gasteiger partial charge in [-0.1, -0.05) is 18.2 Å². The molecule has 28 heavy (non-hydrogen) atoms. The van der Waals surface area contributed by atoms with Gasteiger partial charge in [-0.25, -0.2) is 0 Å². The van der Waals surface area contributed by atoms with Crippen LogP contribution in [0.1, 0.15) is 40.5 Å². The first kappa shape index (κ1) is 17.0. The van der Waals surface area contributed by atoms with Crippen molar-refractivity contribution in [1.29, 1.82) is 0 Å². The number of alkyl halides is 3. The number of pyridine rings is 1. The lowest BCUT2D eigenvalue weighted by molar-refractivity contribution is -0.136. The van der Waals surface area contributed by atoms with E-state index in [2.05, 4.69) is 4.98 Å². The largest absolute Gasteiger partial charge is 0.494 e. The molecule has 5 rings (SSSR count). The highest BCUT2D eigenvalue weighted by molar-refractivity contribution is 5.88. The minimum atomic E-state index is -4.68. The van der Waals surface area contributed by atoms with Gasteiger partial charge in [-0.15, -0.1) is 0 Å². The molecule has 3 aromatic rings. The molecule has 0 spiro atoms. The van der Waals surface area contributed by atoms with Crippen LogP contribution in [0.15, 0.2) is 35.1 Å². The van der Waals surface area contributed by atoms with Crippen molar-refractivity contribution in [2.75, 3.05) is 0 Å². The summed E-state index contributed by atoms with van der Waals surface area (Å²) in [7, 11) is 0. The zero-order valence-electron chi connectivity index (χ0n) is 14.6. The topological polar surface area (TPSA) is 78.2 Å². The molecule has 1 aromatic carbocycles. The molecule has 8 heteroatoms. The number of nitrogens with one attached hydrogen (secondary N) is 1. The Morgan fingerprint density at radius 1 is 1.11 bits per heavy atom. The number of aromatic amines is 1. The minimum Gasteiger partial charge on any atom is -0.494 e. The molecule has 0 aliphatic heterocycles. The van der Waals surface area contributed by atoms with Gasteiger partial charge >= 0.3 is 6.18 Å². The summed E-state index contributed by atoms with van der Waals surface area (Å²) in [5, 5.41) is 21.4. The van der Waals surface area contributed by atoms with E-state index in [1.165, 1.54) is 16.7 Å². The van der Waals surface area contributed by atoms with Gasteiger partial charge in [0.1, 0.15) is 0 Å². The predicted molar refractivity (Wildman–Crippen MR) is 96.2 cm³/mol. The molecule has 2 bridgehead atoms. The van der Waals surface area contributed by atoms with E-state index < -0.39 is 17.3 Å². The molecule has 144 valence electrons. The SMILES string of the molecule is Cc1c(-n2c(O)c3c(c2O)[C@H]2C=C[C@@H]3C2)ccc2c(C(F)(F)F)cc(=O)[nH]c12. The van der Waals surface area contributed by atoms with Crippen LogP contribution in [0.4, 0.5) is 13.2 Å². The maximum atomic E-state index is 13.3. The lowest BCUT2D eigenvalue weighted by atomic mass is 10.0. The first-order chi connectivity index (χ1) is 13.2. The summed E-state index contributed by atoms with van der Waals surface area (Å²) in [5.41, 5.74) is 0.0686. The number of aromatic hydroxyl groups is 2. The zero-order valence-corrected chi connectivity index (χ0v) is 14.6. The Labute approximate surface area is 156 Å². The summed E-state index contributed by atoms with van der Waals surface area (Å²) in [6.45, 7) is 1.55. The van der Waals surface area contributed by atoms with Crippen molar-refractivity contribution in [1.82, 2.24) is 9.55 Å². The van der Waals surface area contributed by atoms with Gasteiger partial charge in [0.2, 0.25) is 17.3 Å². The van der Waals surface area contributed by atoms with Gasteiger partial charge in [0.15, 0.2) is 0 Å². The Bertz CT molecular complexity index is 1220. The van der Waals surface area contributed by atoms with Gasteiger partial charge in [-0.05, 0) is 25.0 Å². The van der Waals surface area contributed by atoms with Crippen LogP contribution < -0.4 is 5.56 Å². The second-order valence-corrected chi connectivity index (χ2v) is 7.32. The smallest absolute Gasteiger partial charge is 0.417 e. The molecule has 0 unspecified atom stereocenters. The molecule has 0 fully saturated rings. The van der Waals surface area contributed by atoms with Crippen LogP contribution in [-0.2, 0) is 6.18 Å². The summed E-state index contributed by atoms with van der Waals surface area (Å²) >= 11 is 0. The number of hydrogen-bond acceptors (Lipinski definition) is 3. The van der Waals surface area contributed by atoms with Gasteiger partial charge in [0, 0.05) is 34.4 Å². The Balaban J connectivity index is 1.79. The molecular weight excluding hydrogens is 373 g/mol.